The monoisotopic (exact) mass is 172 g/mol. The van der Waals surface area contributed by atoms with E-state index in [1.165, 1.54) is 0 Å². The van der Waals surface area contributed by atoms with E-state index in [1.807, 2.05) is 13.8 Å². The predicted molar refractivity (Wildman–Crippen MR) is 48.5 cm³/mol. The third kappa shape index (κ3) is 8.94. The largest absolute Gasteiger partial charge is 0.481 e. The van der Waals surface area contributed by atoms with Crippen LogP contribution in [0.2, 0.25) is 0 Å². The van der Waals surface area contributed by atoms with E-state index in [2.05, 4.69) is 10.3 Å². The lowest BCUT2D eigenvalue weighted by molar-refractivity contribution is -0.137. The molecule has 0 radical (unpaired) electrons. The Balaban J connectivity index is 0.000000211. The van der Waals surface area contributed by atoms with Crippen LogP contribution in [0.25, 0.3) is 0 Å². The van der Waals surface area contributed by atoms with Gasteiger partial charge in [-0.3, -0.25) is 9.79 Å². The normalized spacial score (nSPS) is 13.6. The van der Waals surface area contributed by atoms with E-state index in [0.29, 0.717) is 0 Å². The molecular weight excluding hydrogens is 156 g/mol. The molecule has 1 aliphatic heterocycles. The SMILES string of the molecule is C1=NCCN1.CC(C)CC(=O)O. The first-order valence-corrected chi connectivity index (χ1v) is 4.06. The van der Waals surface area contributed by atoms with Gasteiger partial charge in [-0.2, -0.15) is 0 Å². The molecule has 0 unspecified atom stereocenters. The van der Waals surface area contributed by atoms with Crippen molar-refractivity contribution in [2.24, 2.45) is 10.9 Å². The maximum absolute atomic E-state index is 9.81. The topological polar surface area (TPSA) is 61.7 Å². The van der Waals surface area contributed by atoms with Gasteiger partial charge in [0, 0.05) is 13.0 Å². The summed E-state index contributed by atoms with van der Waals surface area (Å²) < 4.78 is 0. The third-order valence-electron chi connectivity index (χ3n) is 1.15. The number of aliphatic imine (C=N–C) groups is 1. The van der Waals surface area contributed by atoms with Crippen LogP contribution in [0.5, 0.6) is 0 Å². The molecule has 1 heterocycles. The summed E-state index contributed by atoms with van der Waals surface area (Å²) in [6.45, 7) is 5.75. The van der Waals surface area contributed by atoms with Crippen molar-refractivity contribution in [3.63, 3.8) is 0 Å². The molecule has 0 spiro atoms. The summed E-state index contributed by atoms with van der Waals surface area (Å²) in [4.78, 5) is 13.7. The molecule has 0 amide bonds. The second-order valence-corrected chi connectivity index (χ2v) is 2.98. The second kappa shape index (κ2) is 6.64. The number of nitrogens with one attached hydrogen (secondary N) is 1. The van der Waals surface area contributed by atoms with Gasteiger partial charge in [0.1, 0.15) is 0 Å². The number of carbonyl (C=O) groups is 1. The van der Waals surface area contributed by atoms with Gasteiger partial charge < -0.3 is 10.4 Å². The molecule has 0 saturated heterocycles. The van der Waals surface area contributed by atoms with E-state index in [-0.39, 0.29) is 12.3 Å². The van der Waals surface area contributed by atoms with Gasteiger partial charge in [0.05, 0.1) is 12.9 Å². The van der Waals surface area contributed by atoms with Gasteiger partial charge >= 0.3 is 5.97 Å². The zero-order valence-electron chi connectivity index (χ0n) is 7.58. The Labute approximate surface area is 72.7 Å². The van der Waals surface area contributed by atoms with E-state index in [0.717, 1.165) is 13.1 Å². The Morgan fingerprint density at radius 1 is 1.75 bits per heavy atom. The minimum absolute atomic E-state index is 0.275. The lowest BCUT2D eigenvalue weighted by Crippen LogP contribution is -2.04. The van der Waals surface area contributed by atoms with Crippen LogP contribution in [0.1, 0.15) is 20.3 Å². The van der Waals surface area contributed by atoms with Gasteiger partial charge in [-0.1, -0.05) is 13.8 Å². The lowest BCUT2D eigenvalue weighted by atomic mass is 10.1. The minimum Gasteiger partial charge on any atom is -0.481 e. The summed E-state index contributed by atoms with van der Waals surface area (Å²) in [5.74, 6) is -0.438. The van der Waals surface area contributed by atoms with Crippen molar-refractivity contribution >= 4 is 12.3 Å². The van der Waals surface area contributed by atoms with Crippen LogP contribution in [0.15, 0.2) is 4.99 Å². The molecule has 1 aliphatic rings. The van der Waals surface area contributed by atoms with Crippen LogP contribution < -0.4 is 5.32 Å². The summed E-state index contributed by atoms with van der Waals surface area (Å²) >= 11 is 0. The first-order valence-electron chi connectivity index (χ1n) is 4.06. The van der Waals surface area contributed by atoms with Crippen molar-refractivity contribution < 1.29 is 9.90 Å². The maximum atomic E-state index is 9.81. The molecule has 0 saturated carbocycles. The summed E-state index contributed by atoms with van der Waals surface area (Å²) in [7, 11) is 0. The van der Waals surface area contributed by atoms with Gasteiger partial charge in [-0.05, 0) is 5.92 Å². The highest BCUT2D eigenvalue weighted by molar-refractivity contribution is 5.66. The van der Waals surface area contributed by atoms with E-state index < -0.39 is 5.97 Å². The fourth-order valence-corrected chi connectivity index (χ4v) is 0.672. The lowest BCUT2D eigenvalue weighted by Gasteiger charge is -1.94. The van der Waals surface area contributed by atoms with Gasteiger partial charge in [0.25, 0.3) is 0 Å². The molecule has 1 rings (SSSR count). The number of hydrogen-bond acceptors (Lipinski definition) is 3. The summed E-state index contributed by atoms with van der Waals surface area (Å²) in [6, 6.07) is 0. The molecule has 70 valence electrons. The number of nitrogens with zero attached hydrogens (tertiary/aromatic N) is 1. The Morgan fingerprint density at radius 2 is 2.42 bits per heavy atom. The standard InChI is InChI=1S/C5H10O2.C3H6N2/c1-4(2)3-5(6)7;1-2-5-3-4-1/h4H,3H2,1-2H3,(H,6,7);3H,1-2H2,(H,4,5). The third-order valence-corrected chi connectivity index (χ3v) is 1.15. The molecule has 0 fully saturated rings. The quantitative estimate of drug-likeness (QED) is 0.645. The van der Waals surface area contributed by atoms with Gasteiger partial charge in [-0.25, -0.2) is 0 Å². The molecule has 2 N–H and O–H groups in total. The Hall–Kier alpha value is -1.06. The number of rotatable bonds is 2. The number of hydrogen-bond donors (Lipinski definition) is 2. The number of carboxylic acids is 1. The van der Waals surface area contributed by atoms with Crippen LogP contribution in [-0.2, 0) is 4.79 Å². The molecule has 0 bridgehead atoms. The molecule has 0 aromatic rings. The van der Waals surface area contributed by atoms with Crippen LogP contribution >= 0.6 is 0 Å². The zero-order chi connectivity index (χ0) is 9.40. The molecule has 12 heavy (non-hydrogen) atoms. The number of aliphatic carboxylic acids is 1. The highest BCUT2D eigenvalue weighted by atomic mass is 16.4. The van der Waals surface area contributed by atoms with Crippen LogP contribution in [-0.4, -0.2) is 30.5 Å². The summed E-state index contributed by atoms with van der Waals surface area (Å²) in [5, 5.41) is 11.0. The minimum atomic E-state index is -0.713. The maximum Gasteiger partial charge on any atom is 0.303 e. The van der Waals surface area contributed by atoms with E-state index in [4.69, 9.17) is 5.11 Å². The van der Waals surface area contributed by atoms with Crippen LogP contribution in [0.3, 0.4) is 0 Å². The first-order chi connectivity index (χ1) is 5.63. The highest BCUT2D eigenvalue weighted by Crippen LogP contribution is 1.96. The van der Waals surface area contributed by atoms with E-state index in [1.54, 1.807) is 6.34 Å². The highest BCUT2D eigenvalue weighted by Gasteiger charge is 1.98. The van der Waals surface area contributed by atoms with Gasteiger partial charge in [0.2, 0.25) is 0 Å². The molecule has 4 heteroatoms. The second-order valence-electron chi connectivity index (χ2n) is 2.98. The fraction of sp³-hybridized carbons (Fsp3) is 0.750. The van der Waals surface area contributed by atoms with Crippen molar-refractivity contribution in [1.29, 1.82) is 0 Å². The molecule has 4 nitrogen and oxygen atoms in total. The Morgan fingerprint density at radius 3 is 2.50 bits per heavy atom. The smallest absolute Gasteiger partial charge is 0.303 e. The average Bonchev–Trinajstić information content (AvgIpc) is 2.36. The van der Waals surface area contributed by atoms with Gasteiger partial charge in [-0.15, -0.1) is 0 Å². The fourth-order valence-electron chi connectivity index (χ4n) is 0.672. The Bertz CT molecular complexity index is 149. The van der Waals surface area contributed by atoms with E-state index >= 15 is 0 Å². The van der Waals surface area contributed by atoms with Crippen molar-refractivity contribution in [2.75, 3.05) is 13.1 Å². The molecule has 0 aromatic carbocycles. The molecule has 0 atom stereocenters. The zero-order valence-corrected chi connectivity index (χ0v) is 7.58. The molecule has 0 aromatic heterocycles. The van der Waals surface area contributed by atoms with Crippen LogP contribution in [0, 0.1) is 5.92 Å². The van der Waals surface area contributed by atoms with Crippen molar-refractivity contribution in [3.8, 4) is 0 Å². The first kappa shape index (κ1) is 10.9. The van der Waals surface area contributed by atoms with Crippen molar-refractivity contribution in [1.82, 2.24) is 5.32 Å². The number of carboxylic acid groups (broad SMARTS) is 1. The Kier molecular flexibility index (Phi) is 6.05. The van der Waals surface area contributed by atoms with Gasteiger partial charge in [0.15, 0.2) is 0 Å². The summed E-state index contributed by atoms with van der Waals surface area (Å²) in [5.41, 5.74) is 0. The molecular formula is C8H16N2O2. The average molecular weight is 172 g/mol. The predicted octanol–water partition coefficient (Wildman–Crippen LogP) is 0.735. The van der Waals surface area contributed by atoms with E-state index in [9.17, 15) is 4.79 Å². The van der Waals surface area contributed by atoms with Crippen molar-refractivity contribution in [2.45, 2.75) is 20.3 Å². The van der Waals surface area contributed by atoms with Crippen molar-refractivity contribution in [3.05, 3.63) is 0 Å². The molecule has 0 aliphatic carbocycles. The van der Waals surface area contributed by atoms with Crippen LogP contribution in [0.4, 0.5) is 0 Å². The summed E-state index contributed by atoms with van der Waals surface area (Å²) in [6.07, 6.45) is 2.01.